The van der Waals surface area contributed by atoms with Crippen molar-refractivity contribution in [1.29, 1.82) is 0 Å². The average Bonchev–Trinajstić information content (AvgIpc) is 2.34. The van der Waals surface area contributed by atoms with E-state index in [1.165, 1.54) is 40.2 Å². The molecule has 0 heterocycles. The molecule has 0 aliphatic carbocycles. The lowest BCUT2D eigenvalue weighted by Crippen LogP contribution is -2.21. The molecule has 0 fully saturated rings. The lowest BCUT2D eigenvalue weighted by Gasteiger charge is -2.20. The minimum absolute atomic E-state index is 0.0578. The van der Waals surface area contributed by atoms with E-state index in [1.54, 1.807) is 0 Å². The molecule has 1 aromatic carbocycles. The van der Waals surface area contributed by atoms with E-state index in [2.05, 4.69) is 0 Å². The second-order valence-electron chi connectivity index (χ2n) is 4.36. The quantitative estimate of drug-likeness (QED) is 0.655. The number of carboxylic acid groups (broad SMARTS) is 1. The molecule has 6 heteroatoms. The van der Waals surface area contributed by atoms with Crippen molar-refractivity contribution in [1.82, 2.24) is 0 Å². The van der Waals surface area contributed by atoms with E-state index in [1.807, 2.05) is 0 Å². The van der Waals surface area contributed by atoms with E-state index in [9.17, 15) is 14.0 Å². The predicted octanol–water partition coefficient (Wildman–Crippen LogP) is 2.18. The van der Waals surface area contributed by atoms with Gasteiger partial charge in [-0.3, -0.25) is 4.79 Å². The summed E-state index contributed by atoms with van der Waals surface area (Å²) in [5.41, 5.74) is -2.20. The Morgan fingerprint density at radius 2 is 1.63 bits per heavy atom. The van der Waals surface area contributed by atoms with Crippen LogP contribution in [-0.2, 0) is 10.5 Å². The summed E-state index contributed by atoms with van der Waals surface area (Å²) in [6.45, 7) is 2.46. The summed E-state index contributed by atoms with van der Waals surface area (Å²) in [5, 5.41) is 8.77. The van der Waals surface area contributed by atoms with Crippen molar-refractivity contribution in [2.45, 2.75) is 19.5 Å². The standard InChI is InChI=1S/C13H15FO5/c1-13(2,14)8-6-10(19-4)9(18-3)5-7(8)11(15)12(16)17/h5-6H,1-4H3,(H,16,17). The van der Waals surface area contributed by atoms with Crippen molar-refractivity contribution < 1.29 is 28.6 Å². The second-order valence-corrected chi connectivity index (χ2v) is 4.36. The van der Waals surface area contributed by atoms with Gasteiger partial charge in [0.2, 0.25) is 0 Å². The molecule has 1 rings (SSSR count). The Bertz CT molecular complexity index is 517. The van der Waals surface area contributed by atoms with Crippen molar-refractivity contribution in [3.05, 3.63) is 23.3 Å². The van der Waals surface area contributed by atoms with E-state index in [0.29, 0.717) is 0 Å². The summed E-state index contributed by atoms with van der Waals surface area (Å²) < 4.78 is 24.1. The van der Waals surface area contributed by atoms with Crippen LogP contribution < -0.4 is 9.47 Å². The zero-order valence-corrected chi connectivity index (χ0v) is 11.1. The SMILES string of the molecule is COc1cc(C(=O)C(=O)O)c(C(C)(C)F)cc1OC. The third-order valence-corrected chi connectivity index (χ3v) is 2.60. The third-order valence-electron chi connectivity index (χ3n) is 2.60. The number of halogens is 1. The first-order valence-corrected chi connectivity index (χ1v) is 5.45. The van der Waals surface area contributed by atoms with Gasteiger partial charge < -0.3 is 14.6 Å². The van der Waals surface area contributed by atoms with Crippen LogP contribution in [0, 0.1) is 0 Å². The molecular weight excluding hydrogens is 255 g/mol. The van der Waals surface area contributed by atoms with E-state index in [0.717, 1.165) is 0 Å². The van der Waals surface area contributed by atoms with Gasteiger partial charge in [0.1, 0.15) is 5.67 Å². The normalized spacial score (nSPS) is 11.0. The number of benzene rings is 1. The zero-order valence-electron chi connectivity index (χ0n) is 11.1. The maximum Gasteiger partial charge on any atom is 0.377 e. The smallest absolute Gasteiger partial charge is 0.377 e. The van der Waals surface area contributed by atoms with E-state index >= 15 is 0 Å². The number of Topliss-reactive ketones (excluding diaryl/α,β-unsaturated/α-hetero) is 1. The van der Waals surface area contributed by atoms with Crippen LogP contribution in [-0.4, -0.2) is 31.1 Å². The Hall–Kier alpha value is -2.11. The fraction of sp³-hybridized carbons (Fsp3) is 0.385. The second kappa shape index (κ2) is 5.26. The topological polar surface area (TPSA) is 72.8 Å². The Morgan fingerprint density at radius 3 is 2.00 bits per heavy atom. The van der Waals surface area contributed by atoms with Gasteiger partial charge in [-0.15, -0.1) is 0 Å². The van der Waals surface area contributed by atoms with Gasteiger partial charge >= 0.3 is 5.97 Å². The number of carboxylic acids is 1. The number of methoxy groups -OCH3 is 2. The highest BCUT2D eigenvalue weighted by molar-refractivity contribution is 6.40. The lowest BCUT2D eigenvalue weighted by atomic mass is 9.91. The Labute approximate surface area is 109 Å². The number of ketones is 1. The van der Waals surface area contributed by atoms with E-state index in [4.69, 9.17) is 14.6 Å². The molecule has 0 bridgehead atoms. The Balaban J connectivity index is 3.58. The largest absolute Gasteiger partial charge is 0.493 e. The van der Waals surface area contributed by atoms with Crippen molar-refractivity contribution in [3.8, 4) is 11.5 Å². The molecule has 104 valence electrons. The predicted molar refractivity (Wildman–Crippen MR) is 65.6 cm³/mol. The maximum atomic E-state index is 14.1. The maximum absolute atomic E-state index is 14.1. The van der Waals surface area contributed by atoms with Crippen LogP contribution in [0.3, 0.4) is 0 Å². The van der Waals surface area contributed by atoms with Crippen LogP contribution in [0.2, 0.25) is 0 Å². The monoisotopic (exact) mass is 270 g/mol. The van der Waals surface area contributed by atoms with Crippen LogP contribution in [0.25, 0.3) is 0 Å². The summed E-state index contributed by atoms with van der Waals surface area (Å²) in [7, 11) is 2.71. The number of alkyl halides is 1. The first kappa shape index (κ1) is 14.9. The fourth-order valence-electron chi connectivity index (χ4n) is 1.67. The molecule has 1 N–H and O–H groups in total. The average molecular weight is 270 g/mol. The number of hydrogen-bond acceptors (Lipinski definition) is 4. The van der Waals surface area contributed by atoms with Gasteiger partial charge in [0.25, 0.3) is 5.78 Å². The molecule has 1 aromatic rings. The molecule has 5 nitrogen and oxygen atoms in total. The highest BCUT2D eigenvalue weighted by Gasteiger charge is 2.30. The summed E-state index contributed by atoms with van der Waals surface area (Å²) in [6.07, 6.45) is 0. The van der Waals surface area contributed by atoms with Crippen LogP contribution in [0.4, 0.5) is 4.39 Å². The molecule has 19 heavy (non-hydrogen) atoms. The number of hydrogen-bond donors (Lipinski definition) is 1. The van der Waals surface area contributed by atoms with Crippen molar-refractivity contribution in [3.63, 3.8) is 0 Å². The summed E-state index contributed by atoms with van der Waals surface area (Å²) in [6, 6.07) is 2.45. The molecule has 0 radical (unpaired) electrons. The number of carbonyl (C=O) groups excluding carboxylic acids is 1. The van der Waals surface area contributed by atoms with Gasteiger partial charge in [0.05, 0.1) is 14.2 Å². The van der Waals surface area contributed by atoms with Gasteiger partial charge in [0.15, 0.2) is 11.5 Å². The third kappa shape index (κ3) is 3.01. The van der Waals surface area contributed by atoms with Crippen LogP contribution in [0.5, 0.6) is 11.5 Å². The fourth-order valence-corrected chi connectivity index (χ4v) is 1.67. The Kier molecular flexibility index (Phi) is 4.14. The zero-order chi connectivity index (χ0) is 14.8. The molecule has 0 aliphatic rings. The van der Waals surface area contributed by atoms with Crippen molar-refractivity contribution >= 4 is 11.8 Å². The van der Waals surface area contributed by atoms with Crippen LogP contribution >= 0.6 is 0 Å². The van der Waals surface area contributed by atoms with Gasteiger partial charge in [-0.25, -0.2) is 9.18 Å². The molecule has 0 saturated carbocycles. The van der Waals surface area contributed by atoms with Gasteiger partial charge in [-0.05, 0) is 26.0 Å². The molecular formula is C13H15FO5. The van der Waals surface area contributed by atoms with Gasteiger partial charge in [0, 0.05) is 11.1 Å². The van der Waals surface area contributed by atoms with Gasteiger partial charge in [-0.1, -0.05) is 0 Å². The molecule has 0 saturated heterocycles. The number of ether oxygens (including phenoxy) is 2. The van der Waals surface area contributed by atoms with Crippen LogP contribution in [0.1, 0.15) is 29.8 Å². The van der Waals surface area contributed by atoms with Crippen molar-refractivity contribution in [2.24, 2.45) is 0 Å². The molecule has 0 atom stereocenters. The number of rotatable bonds is 5. The van der Waals surface area contributed by atoms with E-state index < -0.39 is 17.4 Å². The minimum Gasteiger partial charge on any atom is -0.493 e. The summed E-state index contributed by atoms with van der Waals surface area (Å²) in [5.74, 6) is -2.45. The van der Waals surface area contributed by atoms with Gasteiger partial charge in [-0.2, -0.15) is 0 Å². The number of carbonyl (C=O) groups is 2. The summed E-state index contributed by atoms with van der Waals surface area (Å²) in [4.78, 5) is 22.4. The Morgan fingerprint density at radius 1 is 1.16 bits per heavy atom. The highest BCUT2D eigenvalue weighted by Crippen LogP contribution is 2.37. The first-order chi connectivity index (χ1) is 8.72. The molecule has 0 amide bonds. The first-order valence-electron chi connectivity index (χ1n) is 5.45. The van der Waals surface area contributed by atoms with E-state index in [-0.39, 0.29) is 22.6 Å². The molecule has 0 spiro atoms. The lowest BCUT2D eigenvalue weighted by molar-refractivity contribution is -0.131. The molecule has 0 aliphatic heterocycles. The van der Waals surface area contributed by atoms with Crippen LogP contribution in [0.15, 0.2) is 12.1 Å². The minimum atomic E-state index is -1.89. The summed E-state index contributed by atoms with van der Waals surface area (Å²) >= 11 is 0. The molecule has 0 aromatic heterocycles. The number of aliphatic carboxylic acids is 1. The molecule has 0 unspecified atom stereocenters. The highest BCUT2D eigenvalue weighted by atomic mass is 19.1. The van der Waals surface area contributed by atoms with Crippen molar-refractivity contribution in [2.75, 3.05) is 14.2 Å².